The predicted octanol–water partition coefficient (Wildman–Crippen LogP) is 2.92. The molecule has 5 heteroatoms. The lowest BCUT2D eigenvalue weighted by molar-refractivity contribution is 0.00772. The standard InChI is InChI=1S/C17H34N2O3/c1-6-15(20)12-18-13(2)11-14-9-7-8-10-19(14)16(21)22-17(3,4)5/h13-15,18,20H,6-12H2,1-5H3. The van der Waals surface area contributed by atoms with Gasteiger partial charge in [-0.1, -0.05) is 6.92 Å². The number of carbonyl (C=O) groups is 1. The molecule has 22 heavy (non-hydrogen) atoms. The molecular weight excluding hydrogens is 280 g/mol. The summed E-state index contributed by atoms with van der Waals surface area (Å²) in [5.74, 6) is 0. The van der Waals surface area contributed by atoms with Crippen molar-refractivity contribution in [3.8, 4) is 0 Å². The van der Waals surface area contributed by atoms with Crippen LogP contribution < -0.4 is 5.32 Å². The van der Waals surface area contributed by atoms with Crippen LogP contribution in [0, 0.1) is 0 Å². The van der Waals surface area contributed by atoms with E-state index in [2.05, 4.69) is 12.2 Å². The summed E-state index contributed by atoms with van der Waals surface area (Å²) < 4.78 is 5.53. The summed E-state index contributed by atoms with van der Waals surface area (Å²) in [7, 11) is 0. The first-order chi connectivity index (χ1) is 10.2. The Hall–Kier alpha value is -0.810. The van der Waals surface area contributed by atoms with Gasteiger partial charge in [-0.2, -0.15) is 0 Å². The van der Waals surface area contributed by atoms with Crippen LogP contribution in [0.5, 0.6) is 0 Å². The Labute approximate surface area is 135 Å². The number of likely N-dealkylation sites (tertiary alicyclic amines) is 1. The van der Waals surface area contributed by atoms with E-state index >= 15 is 0 Å². The molecule has 0 aromatic rings. The van der Waals surface area contributed by atoms with Gasteiger partial charge in [0.25, 0.3) is 0 Å². The summed E-state index contributed by atoms with van der Waals surface area (Å²) in [6, 6.07) is 0.499. The van der Waals surface area contributed by atoms with Crippen molar-refractivity contribution in [2.24, 2.45) is 0 Å². The summed E-state index contributed by atoms with van der Waals surface area (Å²) in [5.41, 5.74) is -0.450. The number of hydrogen-bond acceptors (Lipinski definition) is 4. The van der Waals surface area contributed by atoms with Gasteiger partial charge in [0, 0.05) is 25.2 Å². The molecule has 130 valence electrons. The molecule has 2 N–H and O–H groups in total. The third kappa shape index (κ3) is 6.97. The number of rotatable bonds is 6. The molecule has 0 bridgehead atoms. The molecule has 0 radical (unpaired) electrons. The summed E-state index contributed by atoms with van der Waals surface area (Å²) in [4.78, 5) is 14.3. The van der Waals surface area contributed by atoms with Gasteiger partial charge in [0.1, 0.15) is 5.60 Å². The first kappa shape index (κ1) is 19.2. The van der Waals surface area contributed by atoms with E-state index in [-0.39, 0.29) is 24.3 Å². The van der Waals surface area contributed by atoms with Crippen molar-refractivity contribution in [2.75, 3.05) is 13.1 Å². The molecule has 1 amide bonds. The predicted molar refractivity (Wildman–Crippen MR) is 89.0 cm³/mol. The zero-order valence-corrected chi connectivity index (χ0v) is 14.9. The molecule has 1 aliphatic heterocycles. The molecule has 0 saturated carbocycles. The Balaban J connectivity index is 2.52. The lowest BCUT2D eigenvalue weighted by Crippen LogP contribution is -2.48. The smallest absolute Gasteiger partial charge is 0.410 e. The Morgan fingerprint density at radius 3 is 2.68 bits per heavy atom. The van der Waals surface area contributed by atoms with E-state index in [1.807, 2.05) is 32.6 Å². The van der Waals surface area contributed by atoms with Crippen LogP contribution in [-0.2, 0) is 4.74 Å². The van der Waals surface area contributed by atoms with Crippen molar-refractivity contribution in [3.05, 3.63) is 0 Å². The van der Waals surface area contributed by atoms with Crippen LogP contribution in [0.2, 0.25) is 0 Å². The summed E-state index contributed by atoms with van der Waals surface area (Å²) >= 11 is 0. The molecule has 0 aromatic carbocycles. The highest BCUT2D eigenvalue weighted by Crippen LogP contribution is 2.23. The molecule has 1 fully saturated rings. The molecule has 5 nitrogen and oxygen atoms in total. The van der Waals surface area contributed by atoms with Crippen LogP contribution in [0.1, 0.15) is 66.7 Å². The van der Waals surface area contributed by atoms with E-state index in [9.17, 15) is 9.90 Å². The highest BCUT2D eigenvalue weighted by Gasteiger charge is 2.31. The zero-order chi connectivity index (χ0) is 16.8. The van der Waals surface area contributed by atoms with E-state index in [1.165, 1.54) is 0 Å². The number of carbonyl (C=O) groups excluding carboxylic acids is 1. The Kier molecular flexibility index (Phi) is 7.63. The quantitative estimate of drug-likeness (QED) is 0.791. The maximum absolute atomic E-state index is 12.4. The fraction of sp³-hybridized carbons (Fsp3) is 0.941. The molecule has 1 rings (SSSR count). The molecule has 3 unspecified atom stereocenters. The topological polar surface area (TPSA) is 61.8 Å². The van der Waals surface area contributed by atoms with Gasteiger partial charge in [-0.3, -0.25) is 0 Å². The molecule has 1 heterocycles. The first-order valence-corrected chi connectivity index (χ1v) is 8.64. The van der Waals surface area contributed by atoms with Gasteiger partial charge in [0.15, 0.2) is 0 Å². The van der Waals surface area contributed by atoms with Crippen LogP contribution in [0.4, 0.5) is 4.79 Å². The van der Waals surface area contributed by atoms with E-state index in [4.69, 9.17) is 4.74 Å². The summed E-state index contributed by atoms with van der Waals surface area (Å²) in [6.45, 7) is 11.2. The van der Waals surface area contributed by atoms with Crippen LogP contribution in [0.15, 0.2) is 0 Å². The molecule has 1 aliphatic rings. The molecule has 0 aliphatic carbocycles. The van der Waals surface area contributed by atoms with Crippen molar-refractivity contribution in [3.63, 3.8) is 0 Å². The lowest BCUT2D eigenvalue weighted by atomic mass is 9.96. The van der Waals surface area contributed by atoms with Crippen LogP contribution >= 0.6 is 0 Å². The van der Waals surface area contributed by atoms with Gasteiger partial charge in [-0.05, 0) is 59.8 Å². The van der Waals surface area contributed by atoms with E-state index in [0.717, 1.165) is 38.6 Å². The fourth-order valence-electron chi connectivity index (χ4n) is 2.78. The van der Waals surface area contributed by atoms with E-state index < -0.39 is 5.60 Å². The number of piperidine rings is 1. The average molecular weight is 314 g/mol. The molecule has 1 saturated heterocycles. The van der Waals surface area contributed by atoms with Crippen molar-refractivity contribution < 1.29 is 14.6 Å². The Morgan fingerprint density at radius 1 is 1.41 bits per heavy atom. The van der Waals surface area contributed by atoms with Gasteiger partial charge >= 0.3 is 6.09 Å². The number of amides is 1. The minimum absolute atomic E-state index is 0.196. The average Bonchev–Trinajstić information content (AvgIpc) is 2.43. The molecule has 0 aromatic heterocycles. The number of aliphatic hydroxyl groups excluding tert-OH is 1. The summed E-state index contributed by atoms with van der Waals surface area (Å²) in [6.07, 6.45) is 4.40. The third-order valence-corrected chi connectivity index (χ3v) is 4.05. The van der Waals surface area contributed by atoms with Crippen LogP contribution in [0.25, 0.3) is 0 Å². The second-order valence-corrected chi connectivity index (χ2v) is 7.43. The van der Waals surface area contributed by atoms with Crippen LogP contribution in [-0.4, -0.2) is 53.0 Å². The number of nitrogens with one attached hydrogen (secondary N) is 1. The molecule has 0 spiro atoms. The highest BCUT2D eigenvalue weighted by atomic mass is 16.6. The van der Waals surface area contributed by atoms with E-state index in [1.54, 1.807) is 0 Å². The van der Waals surface area contributed by atoms with Gasteiger partial charge < -0.3 is 20.1 Å². The van der Waals surface area contributed by atoms with E-state index in [0.29, 0.717) is 6.54 Å². The van der Waals surface area contributed by atoms with Gasteiger partial charge in [-0.15, -0.1) is 0 Å². The lowest BCUT2D eigenvalue weighted by Gasteiger charge is -2.38. The largest absolute Gasteiger partial charge is 0.444 e. The van der Waals surface area contributed by atoms with Gasteiger partial charge in [0.05, 0.1) is 6.10 Å². The number of ether oxygens (including phenoxy) is 1. The van der Waals surface area contributed by atoms with Gasteiger partial charge in [-0.25, -0.2) is 4.79 Å². The second kappa shape index (κ2) is 8.73. The number of hydrogen-bond donors (Lipinski definition) is 2. The zero-order valence-electron chi connectivity index (χ0n) is 14.9. The molecule has 3 atom stereocenters. The second-order valence-electron chi connectivity index (χ2n) is 7.43. The van der Waals surface area contributed by atoms with Crippen molar-refractivity contribution >= 4 is 6.09 Å². The Morgan fingerprint density at radius 2 is 2.09 bits per heavy atom. The molecular formula is C17H34N2O3. The first-order valence-electron chi connectivity index (χ1n) is 8.64. The van der Waals surface area contributed by atoms with Gasteiger partial charge in [0.2, 0.25) is 0 Å². The monoisotopic (exact) mass is 314 g/mol. The third-order valence-electron chi connectivity index (χ3n) is 4.05. The maximum Gasteiger partial charge on any atom is 0.410 e. The number of aliphatic hydroxyl groups is 1. The van der Waals surface area contributed by atoms with Crippen molar-refractivity contribution in [1.29, 1.82) is 0 Å². The highest BCUT2D eigenvalue weighted by molar-refractivity contribution is 5.68. The summed E-state index contributed by atoms with van der Waals surface area (Å²) in [5, 5.41) is 13.0. The number of nitrogens with zero attached hydrogens (tertiary/aromatic N) is 1. The fourth-order valence-corrected chi connectivity index (χ4v) is 2.78. The Bertz CT molecular complexity index is 341. The van der Waals surface area contributed by atoms with Crippen molar-refractivity contribution in [1.82, 2.24) is 10.2 Å². The maximum atomic E-state index is 12.4. The normalized spacial score (nSPS) is 22.3. The minimum atomic E-state index is -0.450. The van der Waals surface area contributed by atoms with Crippen molar-refractivity contribution in [2.45, 2.75) is 90.5 Å². The minimum Gasteiger partial charge on any atom is -0.444 e. The SMILES string of the molecule is CCC(O)CNC(C)CC1CCCCN1C(=O)OC(C)(C)C. The van der Waals surface area contributed by atoms with Crippen LogP contribution in [0.3, 0.4) is 0 Å².